The van der Waals surface area contributed by atoms with Crippen molar-refractivity contribution in [2.45, 2.75) is 39.3 Å². The molecule has 0 bridgehead atoms. The molecule has 0 aliphatic carbocycles. The number of hydrogen-bond donors (Lipinski definition) is 1. The van der Waals surface area contributed by atoms with Crippen molar-refractivity contribution in [3.05, 3.63) is 22.4 Å². The summed E-state index contributed by atoms with van der Waals surface area (Å²) >= 11 is 1.83. The number of ether oxygens (including phenoxy) is 1. The van der Waals surface area contributed by atoms with Crippen LogP contribution in [0.5, 0.6) is 0 Å². The van der Waals surface area contributed by atoms with Gasteiger partial charge in [-0.15, -0.1) is 11.3 Å². The third-order valence-electron chi connectivity index (χ3n) is 2.50. The second kappa shape index (κ2) is 7.05. The summed E-state index contributed by atoms with van der Waals surface area (Å²) in [5, 5.41) is 5.78. The van der Waals surface area contributed by atoms with Crippen LogP contribution in [0.2, 0.25) is 0 Å². The minimum Gasteiger partial charge on any atom is -0.383 e. The molecule has 0 radical (unpaired) electrons. The largest absolute Gasteiger partial charge is 0.383 e. The van der Waals surface area contributed by atoms with Crippen molar-refractivity contribution in [1.82, 2.24) is 5.32 Å². The summed E-state index contributed by atoms with van der Waals surface area (Å²) in [5.41, 5.74) is 0. The fourth-order valence-corrected chi connectivity index (χ4v) is 2.67. The van der Waals surface area contributed by atoms with Gasteiger partial charge in [-0.3, -0.25) is 0 Å². The molecule has 0 aromatic carbocycles. The Kier molecular flexibility index (Phi) is 6.03. The molecule has 1 heterocycles. The third-order valence-corrected chi connectivity index (χ3v) is 3.48. The highest BCUT2D eigenvalue weighted by Gasteiger charge is 2.16. The van der Waals surface area contributed by atoms with Gasteiger partial charge < -0.3 is 10.1 Å². The number of methoxy groups -OCH3 is 1. The molecular formula is C13H23NOS. The molecule has 0 saturated heterocycles. The summed E-state index contributed by atoms with van der Waals surface area (Å²) in [5.74, 6) is 0.703. The maximum absolute atomic E-state index is 5.17. The van der Waals surface area contributed by atoms with Crippen LogP contribution < -0.4 is 5.32 Å². The Morgan fingerprint density at radius 1 is 1.38 bits per heavy atom. The lowest BCUT2D eigenvalue weighted by Gasteiger charge is -2.23. The fraction of sp³-hybridized carbons (Fsp3) is 0.692. The van der Waals surface area contributed by atoms with Crippen molar-refractivity contribution >= 4 is 11.3 Å². The molecule has 0 amide bonds. The van der Waals surface area contributed by atoms with Gasteiger partial charge in [-0.2, -0.15) is 0 Å². The zero-order chi connectivity index (χ0) is 12.0. The molecule has 2 atom stereocenters. The maximum Gasteiger partial charge on any atom is 0.0613 e. The van der Waals surface area contributed by atoms with Crippen molar-refractivity contribution in [2.75, 3.05) is 13.7 Å². The van der Waals surface area contributed by atoms with Crippen LogP contribution in [-0.2, 0) is 4.74 Å². The summed E-state index contributed by atoms with van der Waals surface area (Å²) < 4.78 is 5.17. The van der Waals surface area contributed by atoms with Crippen molar-refractivity contribution in [3.8, 4) is 0 Å². The molecule has 2 unspecified atom stereocenters. The Labute approximate surface area is 103 Å². The monoisotopic (exact) mass is 241 g/mol. The van der Waals surface area contributed by atoms with E-state index in [0.717, 1.165) is 6.61 Å². The van der Waals surface area contributed by atoms with Gasteiger partial charge in [0, 0.05) is 24.1 Å². The molecule has 1 aromatic heterocycles. The number of nitrogens with one attached hydrogen (secondary N) is 1. The van der Waals surface area contributed by atoms with Crippen LogP contribution in [0.15, 0.2) is 17.5 Å². The van der Waals surface area contributed by atoms with E-state index in [1.165, 1.54) is 11.3 Å². The average molecular weight is 241 g/mol. The smallest absolute Gasteiger partial charge is 0.0613 e. The molecule has 0 fully saturated rings. The average Bonchev–Trinajstić information content (AvgIpc) is 2.68. The first-order valence-electron chi connectivity index (χ1n) is 5.91. The van der Waals surface area contributed by atoms with E-state index < -0.39 is 0 Å². The standard InChI is InChI=1S/C13H23NOS/c1-10(2)8-12(13-6-5-7-16-13)14-11(3)9-15-4/h5-7,10-12,14H,8-9H2,1-4H3. The molecule has 0 aliphatic rings. The summed E-state index contributed by atoms with van der Waals surface area (Å²) in [6, 6.07) is 5.20. The summed E-state index contributed by atoms with van der Waals surface area (Å²) in [4.78, 5) is 1.43. The molecule has 3 heteroatoms. The van der Waals surface area contributed by atoms with Gasteiger partial charge in [0.25, 0.3) is 0 Å². The van der Waals surface area contributed by atoms with Gasteiger partial charge >= 0.3 is 0 Å². The Hall–Kier alpha value is -0.380. The Morgan fingerprint density at radius 3 is 2.62 bits per heavy atom. The predicted molar refractivity (Wildman–Crippen MR) is 71.0 cm³/mol. The van der Waals surface area contributed by atoms with Gasteiger partial charge in [0.05, 0.1) is 6.61 Å². The van der Waals surface area contributed by atoms with E-state index in [9.17, 15) is 0 Å². The van der Waals surface area contributed by atoms with Gasteiger partial charge in [-0.05, 0) is 30.7 Å². The molecule has 1 rings (SSSR count). The van der Waals surface area contributed by atoms with Gasteiger partial charge in [-0.1, -0.05) is 19.9 Å². The molecule has 16 heavy (non-hydrogen) atoms. The van der Waals surface area contributed by atoms with Gasteiger partial charge in [0.2, 0.25) is 0 Å². The van der Waals surface area contributed by atoms with E-state index in [2.05, 4.69) is 43.6 Å². The normalized spacial score (nSPS) is 15.3. The summed E-state index contributed by atoms with van der Waals surface area (Å²) in [7, 11) is 1.75. The second-order valence-corrected chi connectivity index (χ2v) is 5.70. The van der Waals surface area contributed by atoms with E-state index in [1.807, 2.05) is 11.3 Å². The zero-order valence-corrected chi connectivity index (χ0v) is 11.5. The van der Waals surface area contributed by atoms with E-state index >= 15 is 0 Å². The minimum absolute atomic E-state index is 0.399. The van der Waals surface area contributed by atoms with Crippen molar-refractivity contribution < 1.29 is 4.74 Å². The highest BCUT2D eigenvalue weighted by molar-refractivity contribution is 7.10. The number of hydrogen-bond acceptors (Lipinski definition) is 3. The first-order valence-corrected chi connectivity index (χ1v) is 6.79. The molecule has 1 aromatic rings. The lowest BCUT2D eigenvalue weighted by atomic mass is 10.0. The highest BCUT2D eigenvalue weighted by Crippen LogP contribution is 2.25. The molecule has 2 nitrogen and oxygen atoms in total. The van der Waals surface area contributed by atoms with E-state index in [1.54, 1.807) is 7.11 Å². The van der Waals surface area contributed by atoms with E-state index in [-0.39, 0.29) is 0 Å². The predicted octanol–water partition coefficient (Wildman–Crippen LogP) is 3.46. The molecule has 0 spiro atoms. The first-order chi connectivity index (χ1) is 7.63. The minimum atomic E-state index is 0.399. The third kappa shape index (κ3) is 4.64. The van der Waals surface area contributed by atoms with Crippen molar-refractivity contribution in [3.63, 3.8) is 0 Å². The van der Waals surface area contributed by atoms with Crippen molar-refractivity contribution in [1.29, 1.82) is 0 Å². The molecule has 92 valence electrons. The zero-order valence-electron chi connectivity index (χ0n) is 10.7. The van der Waals surface area contributed by atoms with Crippen molar-refractivity contribution in [2.24, 2.45) is 5.92 Å². The summed E-state index contributed by atoms with van der Waals surface area (Å²) in [6.45, 7) is 7.47. The second-order valence-electron chi connectivity index (χ2n) is 4.72. The van der Waals surface area contributed by atoms with Gasteiger partial charge in [0.15, 0.2) is 0 Å². The van der Waals surface area contributed by atoms with E-state index in [0.29, 0.717) is 18.0 Å². The van der Waals surface area contributed by atoms with Gasteiger partial charge in [-0.25, -0.2) is 0 Å². The number of thiophene rings is 1. The number of rotatable bonds is 7. The Balaban J connectivity index is 2.57. The lowest BCUT2D eigenvalue weighted by molar-refractivity contribution is 0.164. The first kappa shape index (κ1) is 13.7. The molecular weight excluding hydrogens is 218 g/mol. The van der Waals surface area contributed by atoms with E-state index in [4.69, 9.17) is 4.74 Å². The van der Waals surface area contributed by atoms with Crippen LogP contribution in [0.1, 0.15) is 38.1 Å². The Morgan fingerprint density at radius 2 is 2.12 bits per heavy atom. The van der Waals surface area contributed by atoms with Crippen LogP contribution in [-0.4, -0.2) is 19.8 Å². The van der Waals surface area contributed by atoms with Crippen LogP contribution in [0, 0.1) is 5.92 Å². The van der Waals surface area contributed by atoms with Crippen LogP contribution in [0.3, 0.4) is 0 Å². The SMILES string of the molecule is COCC(C)NC(CC(C)C)c1cccs1. The van der Waals surface area contributed by atoms with Gasteiger partial charge in [0.1, 0.15) is 0 Å². The maximum atomic E-state index is 5.17. The van der Waals surface area contributed by atoms with Crippen LogP contribution in [0.25, 0.3) is 0 Å². The van der Waals surface area contributed by atoms with Crippen LogP contribution in [0.4, 0.5) is 0 Å². The lowest BCUT2D eigenvalue weighted by Crippen LogP contribution is -2.34. The quantitative estimate of drug-likeness (QED) is 0.789. The highest BCUT2D eigenvalue weighted by atomic mass is 32.1. The topological polar surface area (TPSA) is 21.3 Å². The van der Waals surface area contributed by atoms with Crippen LogP contribution >= 0.6 is 11.3 Å². The molecule has 0 saturated carbocycles. The Bertz CT molecular complexity index is 271. The molecule has 1 N–H and O–H groups in total. The molecule has 0 aliphatic heterocycles. The summed E-state index contributed by atoms with van der Waals surface area (Å²) in [6.07, 6.45) is 1.18. The fourth-order valence-electron chi connectivity index (χ4n) is 1.87.